The third-order valence-corrected chi connectivity index (χ3v) is 4.28. The molecule has 0 unspecified atom stereocenters. The molecule has 1 aromatic heterocycles. The molecule has 0 atom stereocenters. The molecule has 110 valence electrons. The number of imidazole rings is 1. The quantitative estimate of drug-likeness (QED) is 0.750. The zero-order valence-electron chi connectivity index (χ0n) is 12.4. The summed E-state index contributed by atoms with van der Waals surface area (Å²) in [5.41, 5.74) is 4.80. The fraction of sp³-hybridized carbons (Fsp3) is 0.176. The third kappa shape index (κ3) is 1.72. The number of likely N-dealkylation sites (N-methyl/N-ethyl adjacent to an activating group) is 1. The lowest BCUT2D eigenvalue weighted by molar-refractivity contribution is -0.117. The van der Waals surface area contributed by atoms with Crippen molar-refractivity contribution in [3.63, 3.8) is 0 Å². The molecule has 0 fully saturated rings. The topological polar surface area (TPSA) is 58.4 Å². The van der Waals surface area contributed by atoms with Gasteiger partial charge in [0.05, 0.1) is 17.5 Å². The van der Waals surface area contributed by atoms with Gasteiger partial charge in [0, 0.05) is 25.3 Å². The van der Waals surface area contributed by atoms with E-state index >= 15 is 0 Å². The van der Waals surface area contributed by atoms with Crippen LogP contribution in [0.15, 0.2) is 36.4 Å². The molecule has 1 N–H and O–H groups in total. The van der Waals surface area contributed by atoms with Crippen molar-refractivity contribution < 1.29 is 9.90 Å². The SMILES string of the molecule is CN1C(=O)Cc2cc3nc(-c4ccc(O)cc4)n(C)c3cc21. The highest BCUT2D eigenvalue weighted by Crippen LogP contribution is 2.34. The fourth-order valence-corrected chi connectivity index (χ4v) is 3.01. The molecule has 1 aliphatic rings. The summed E-state index contributed by atoms with van der Waals surface area (Å²) in [6.45, 7) is 0. The smallest absolute Gasteiger partial charge is 0.231 e. The van der Waals surface area contributed by atoms with Crippen molar-refractivity contribution in [2.45, 2.75) is 6.42 Å². The number of aromatic nitrogens is 2. The number of anilines is 1. The van der Waals surface area contributed by atoms with Gasteiger partial charge in [-0.05, 0) is 42.0 Å². The minimum Gasteiger partial charge on any atom is -0.508 e. The minimum atomic E-state index is 0.115. The van der Waals surface area contributed by atoms with Crippen LogP contribution in [-0.4, -0.2) is 27.6 Å². The molecular formula is C17H15N3O2. The first-order chi connectivity index (χ1) is 10.5. The van der Waals surface area contributed by atoms with Crippen molar-refractivity contribution in [1.82, 2.24) is 9.55 Å². The van der Waals surface area contributed by atoms with Gasteiger partial charge >= 0.3 is 0 Å². The van der Waals surface area contributed by atoms with Crippen LogP contribution in [0.4, 0.5) is 5.69 Å². The zero-order valence-corrected chi connectivity index (χ0v) is 12.4. The maximum atomic E-state index is 11.8. The number of aryl methyl sites for hydroxylation is 1. The molecule has 5 heteroatoms. The van der Waals surface area contributed by atoms with Gasteiger partial charge in [0.1, 0.15) is 11.6 Å². The lowest BCUT2D eigenvalue weighted by atomic mass is 10.1. The highest BCUT2D eigenvalue weighted by atomic mass is 16.3. The van der Waals surface area contributed by atoms with Gasteiger partial charge in [0.25, 0.3) is 0 Å². The Hall–Kier alpha value is -2.82. The Labute approximate surface area is 127 Å². The van der Waals surface area contributed by atoms with Crippen LogP contribution in [0.3, 0.4) is 0 Å². The van der Waals surface area contributed by atoms with Gasteiger partial charge in [-0.1, -0.05) is 0 Å². The summed E-state index contributed by atoms with van der Waals surface area (Å²) in [5.74, 6) is 1.19. The van der Waals surface area contributed by atoms with Crippen molar-refractivity contribution in [2.75, 3.05) is 11.9 Å². The third-order valence-electron chi connectivity index (χ3n) is 4.28. The molecular weight excluding hydrogens is 278 g/mol. The number of hydrogen-bond acceptors (Lipinski definition) is 3. The van der Waals surface area contributed by atoms with E-state index in [4.69, 9.17) is 4.98 Å². The van der Waals surface area contributed by atoms with E-state index in [-0.39, 0.29) is 11.7 Å². The predicted molar refractivity (Wildman–Crippen MR) is 84.9 cm³/mol. The van der Waals surface area contributed by atoms with Crippen molar-refractivity contribution >= 4 is 22.6 Å². The maximum absolute atomic E-state index is 11.8. The first kappa shape index (κ1) is 12.9. The average molecular weight is 293 g/mol. The Kier molecular flexibility index (Phi) is 2.54. The number of amides is 1. The van der Waals surface area contributed by atoms with E-state index in [1.54, 1.807) is 24.1 Å². The molecule has 0 bridgehead atoms. The number of carbonyl (C=O) groups is 1. The monoisotopic (exact) mass is 293 g/mol. The molecule has 3 aromatic rings. The van der Waals surface area contributed by atoms with E-state index in [2.05, 4.69) is 0 Å². The van der Waals surface area contributed by atoms with E-state index in [0.717, 1.165) is 33.7 Å². The van der Waals surface area contributed by atoms with Crippen LogP contribution in [0.25, 0.3) is 22.4 Å². The molecule has 1 amide bonds. The first-order valence-corrected chi connectivity index (χ1v) is 7.10. The number of phenolic OH excluding ortho intramolecular Hbond substituents is 1. The summed E-state index contributed by atoms with van der Waals surface area (Å²) in [6.07, 6.45) is 0.437. The van der Waals surface area contributed by atoms with Crippen LogP contribution in [0.2, 0.25) is 0 Å². The van der Waals surface area contributed by atoms with Crippen molar-refractivity contribution in [3.05, 3.63) is 42.0 Å². The fourth-order valence-electron chi connectivity index (χ4n) is 3.01. The molecule has 0 aliphatic carbocycles. The lowest BCUT2D eigenvalue weighted by Gasteiger charge is -2.10. The summed E-state index contributed by atoms with van der Waals surface area (Å²) < 4.78 is 2.01. The molecule has 0 saturated carbocycles. The van der Waals surface area contributed by atoms with E-state index in [0.29, 0.717) is 6.42 Å². The Bertz CT molecular complexity index is 910. The molecule has 5 nitrogen and oxygen atoms in total. The van der Waals surface area contributed by atoms with Crippen LogP contribution in [0.1, 0.15) is 5.56 Å². The van der Waals surface area contributed by atoms with Crippen LogP contribution in [-0.2, 0) is 18.3 Å². The van der Waals surface area contributed by atoms with Crippen LogP contribution < -0.4 is 4.90 Å². The number of fused-ring (bicyclic) bond motifs is 2. The van der Waals surface area contributed by atoms with Gasteiger partial charge in [-0.25, -0.2) is 4.98 Å². The van der Waals surface area contributed by atoms with E-state index in [1.165, 1.54) is 0 Å². The summed E-state index contributed by atoms with van der Waals surface area (Å²) in [4.78, 5) is 18.2. The number of benzene rings is 2. The number of rotatable bonds is 1. The van der Waals surface area contributed by atoms with Gasteiger partial charge in [-0.15, -0.1) is 0 Å². The van der Waals surface area contributed by atoms with E-state index < -0.39 is 0 Å². The molecule has 0 saturated heterocycles. The Morgan fingerprint density at radius 1 is 1.14 bits per heavy atom. The van der Waals surface area contributed by atoms with Crippen LogP contribution in [0.5, 0.6) is 5.75 Å². The average Bonchev–Trinajstić information content (AvgIpc) is 2.96. The number of phenols is 1. The molecule has 0 spiro atoms. The molecule has 2 heterocycles. The normalized spacial score (nSPS) is 13.9. The summed E-state index contributed by atoms with van der Waals surface area (Å²) in [5, 5.41) is 9.41. The van der Waals surface area contributed by atoms with Gasteiger partial charge in [-0.3, -0.25) is 4.79 Å². The first-order valence-electron chi connectivity index (χ1n) is 7.10. The summed E-state index contributed by atoms with van der Waals surface area (Å²) in [6, 6.07) is 11.0. The van der Waals surface area contributed by atoms with E-state index in [9.17, 15) is 9.90 Å². The second-order valence-electron chi connectivity index (χ2n) is 5.64. The van der Waals surface area contributed by atoms with Crippen molar-refractivity contribution in [1.29, 1.82) is 0 Å². The minimum absolute atomic E-state index is 0.115. The Morgan fingerprint density at radius 2 is 1.86 bits per heavy atom. The van der Waals surface area contributed by atoms with Crippen LogP contribution >= 0.6 is 0 Å². The van der Waals surface area contributed by atoms with Crippen molar-refractivity contribution in [2.24, 2.45) is 7.05 Å². The number of aromatic hydroxyl groups is 1. The lowest BCUT2D eigenvalue weighted by Crippen LogP contribution is -2.20. The van der Waals surface area contributed by atoms with Gasteiger partial charge in [-0.2, -0.15) is 0 Å². The molecule has 22 heavy (non-hydrogen) atoms. The van der Waals surface area contributed by atoms with Gasteiger partial charge in [0.15, 0.2) is 0 Å². The summed E-state index contributed by atoms with van der Waals surface area (Å²) in [7, 11) is 3.76. The molecule has 1 aliphatic heterocycles. The highest BCUT2D eigenvalue weighted by molar-refractivity contribution is 6.03. The van der Waals surface area contributed by atoms with Crippen molar-refractivity contribution in [3.8, 4) is 17.1 Å². The number of carbonyl (C=O) groups excluding carboxylic acids is 1. The highest BCUT2D eigenvalue weighted by Gasteiger charge is 2.25. The van der Waals surface area contributed by atoms with Crippen LogP contribution in [0, 0.1) is 0 Å². The standard InChI is InChI=1S/C17H15N3O2/c1-19-14-9-15-13(7-11(14)8-16(19)22)18-17(20(15)2)10-3-5-12(21)6-4-10/h3-7,9,21H,8H2,1-2H3. The van der Waals surface area contributed by atoms with Gasteiger partial charge in [0.2, 0.25) is 5.91 Å². The maximum Gasteiger partial charge on any atom is 0.231 e. The summed E-state index contributed by atoms with van der Waals surface area (Å²) >= 11 is 0. The Balaban J connectivity index is 1.92. The zero-order chi connectivity index (χ0) is 15.4. The van der Waals surface area contributed by atoms with E-state index in [1.807, 2.05) is 35.9 Å². The predicted octanol–water partition coefficient (Wildman–Crippen LogP) is 2.46. The molecule has 2 aromatic carbocycles. The number of hydrogen-bond donors (Lipinski definition) is 1. The Morgan fingerprint density at radius 3 is 2.59 bits per heavy atom. The number of nitrogens with zero attached hydrogens (tertiary/aromatic N) is 3. The molecule has 4 rings (SSSR count). The van der Waals surface area contributed by atoms with Gasteiger partial charge < -0.3 is 14.6 Å². The molecule has 0 radical (unpaired) electrons. The largest absolute Gasteiger partial charge is 0.508 e. The second-order valence-corrected chi connectivity index (χ2v) is 5.64. The second kappa shape index (κ2) is 4.34.